The summed E-state index contributed by atoms with van der Waals surface area (Å²) in [7, 11) is 1.87. The van der Waals surface area contributed by atoms with E-state index in [-0.39, 0.29) is 11.8 Å². The van der Waals surface area contributed by atoms with Gasteiger partial charge in [0.2, 0.25) is 0 Å². The summed E-state index contributed by atoms with van der Waals surface area (Å²) in [4.78, 5) is 11.2. The first-order chi connectivity index (χ1) is 5.75. The Morgan fingerprint density at radius 3 is 2.50 bits per heavy atom. The fraction of sp³-hybridized carbons (Fsp3) is 0.889. The van der Waals surface area contributed by atoms with Crippen LogP contribution in [0.3, 0.4) is 0 Å². The third kappa shape index (κ3) is 2.29. The summed E-state index contributed by atoms with van der Waals surface area (Å²) in [5, 5.41) is 6.39. The molecule has 0 radical (unpaired) electrons. The van der Waals surface area contributed by atoms with Gasteiger partial charge in [-0.1, -0.05) is 0 Å². The van der Waals surface area contributed by atoms with Crippen LogP contribution in [0.1, 0.15) is 19.8 Å². The fourth-order valence-electron chi connectivity index (χ4n) is 1.95. The number of hydrogen-bond acceptors (Lipinski definition) is 3. The van der Waals surface area contributed by atoms with E-state index in [1.54, 1.807) is 6.92 Å². The number of ketones is 1. The van der Waals surface area contributed by atoms with E-state index in [4.69, 9.17) is 0 Å². The van der Waals surface area contributed by atoms with E-state index >= 15 is 0 Å². The second-order valence-corrected chi connectivity index (χ2v) is 3.46. The number of carbonyl (C=O) groups is 1. The Balaban J connectivity index is 2.46. The van der Waals surface area contributed by atoms with Crippen molar-refractivity contribution in [3.05, 3.63) is 0 Å². The first kappa shape index (κ1) is 9.68. The molecule has 1 aliphatic rings. The maximum absolute atomic E-state index is 11.2. The number of nitrogens with one attached hydrogen (secondary N) is 2. The van der Waals surface area contributed by atoms with E-state index in [1.807, 2.05) is 7.05 Å². The monoisotopic (exact) mass is 170 g/mol. The highest BCUT2D eigenvalue weighted by atomic mass is 16.1. The van der Waals surface area contributed by atoms with Crippen molar-refractivity contribution in [2.45, 2.75) is 25.8 Å². The molecule has 70 valence electrons. The number of piperidine rings is 1. The summed E-state index contributed by atoms with van der Waals surface area (Å²) in [5.74, 6) is 0.804. The van der Waals surface area contributed by atoms with Gasteiger partial charge in [0.15, 0.2) is 0 Å². The molecule has 3 nitrogen and oxygen atoms in total. The number of rotatable bonds is 3. The second kappa shape index (κ2) is 4.58. The fourth-order valence-corrected chi connectivity index (χ4v) is 1.95. The summed E-state index contributed by atoms with van der Waals surface area (Å²) in [5.41, 5.74) is 0. The van der Waals surface area contributed by atoms with Gasteiger partial charge in [-0.2, -0.15) is 0 Å². The van der Waals surface area contributed by atoms with E-state index in [1.165, 1.54) is 0 Å². The first-order valence-corrected chi connectivity index (χ1v) is 4.64. The number of likely N-dealkylation sites (N-methyl/N-ethyl adjacent to an activating group) is 1. The van der Waals surface area contributed by atoms with Gasteiger partial charge >= 0.3 is 0 Å². The quantitative estimate of drug-likeness (QED) is 0.634. The predicted octanol–water partition coefficient (Wildman–Crippen LogP) is 0.163. The highest BCUT2D eigenvalue weighted by Gasteiger charge is 2.24. The van der Waals surface area contributed by atoms with E-state index < -0.39 is 0 Å². The Bertz CT molecular complexity index is 153. The molecule has 3 heteroatoms. The Morgan fingerprint density at radius 2 is 2.08 bits per heavy atom. The van der Waals surface area contributed by atoms with Gasteiger partial charge in [0.1, 0.15) is 5.78 Å². The molecular formula is C9H18N2O. The molecular weight excluding hydrogens is 152 g/mol. The molecule has 0 aromatic rings. The Labute approximate surface area is 73.9 Å². The summed E-state index contributed by atoms with van der Waals surface area (Å²) >= 11 is 0. The van der Waals surface area contributed by atoms with Gasteiger partial charge in [-0.15, -0.1) is 0 Å². The normalized spacial score (nSPS) is 22.2. The molecule has 0 aromatic heterocycles. The maximum Gasteiger partial charge on any atom is 0.146 e. The Hall–Kier alpha value is -0.410. The van der Waals surface area contributed by atoms with Crippen LogP contribution >= 0.6 is 0 Å². The lowest BCUT2D eigenvalue weighted by Gasteiger charge is -2.28. The van der Waals surface area contributed by atoms with Crippen molar-refractivity contribution in [2.75, 3.05) is 20.1 Å². The van der Waals surface area contributed by atoms with E-state index in [0.717, 1.165) is 25.9 Å². The molecule has 1 aliphatic heterocycles. The van der Waals surface area contributed by atoms with Crippen LogP contribution in [0.25, 0.3) is 0 Å². The van der Waals surface area contributed by atoms with Gasteiger partial charge in [0.05, 0.1) is 6.04 Å². The van der Waals surface area contributed by atoms with E-state index in [2.05, 4.69) is 10.6 Å². The molecule has 0 spiro atoms. The molecule has 0 bridgehead atoms. The lowest BCUT2D eigenvalue weighted by molar-refractivity contribution is -0.120. The van der Waals surface area contributed by atoms with Crippen molar-refractivity contribution in [2.24, 2.45) is 5.92 Å². The molecule has 0 aliphatic carbocycles. The minimum Gasteiger partial charge on any atom is -0.317 e. The van der Waals surface area contributed by atoms with Gasteiger partial charge in [-0.05, 0) is 45.8 Å². The third-order valence-electron chi connectivity index (χ3n) is 2.60. The molecule has 1 unspecified atom stereocenters. The predicted molar refractivity (Wildman–Crippen MR) is 49.1 cm³/mol. The van der Waals surface area contributed by atoms with Crippen molar-refractivity contribution >= 4 is 5.78 Å². The molecule has 2 N–H and O–H groups in total. The SMILES string of the molecule is CNC(C(C)=O)C1CCNCC1. The van der Waals surface area contributed by atoms with Crippen LogP contribution in [0.2, 0.25) is 0 Å². The largest absolute Gasteiger partial charge is 0.317 e. The van der Waals surface area contributed by atoms with Crippen molar-refractivity contribution < 1.29 is 4.79 Å². The summed E-state index contributed by atoms with van der Waals surface area (Å²) < 4.78 is 0. The molecule has 1 atom stereocenters. The van der Waals surface area contributed by atoms with Gasteiger partial charge in [-0.3, -0.25) is 4.79 Å². The van der Waals surface area contributed by atoms with Gasteiger partial charge in [0, 0.05) is 0 Å². The highest BCUT2D eigenvalue weighted by Crippen LogP contribution is 2.16. The van der Waals surface area contributed by atoms with Gasteiger partial charge in [0.25, 0.3) is 0 Å². The van der Waals surface area contributed by atoms with Crippen LogP contribution in [0.15, 0.2) is 0 Å². The lowest BCUT2D eigenvalue weighted by atomic mass is 9.88. The maximum atomic E-state index is 11.2. The number of hydrogen-bond donors (Lipinski definition) is 2. The van der Waals surface area contributed by atoms with Crippen molar-refractivity contribution in [1.82, 2.24) is 10.6 Å². The van der Waals surface area contributed by atoms with Crippen LogP contribution < -0.4 is 10.6 Å². The van der Waals surface area contributed by atoms with Crippen LogP contribution in [0.5, 0.6) is 0 Å². The topological polar surface area (TPSA) is 41.1 Å². The first-order valence-electron chi connectivity index (χ1n) is 4.64. The lowest BCUT2D eigenvalue weighted by Crippen LogP contribution is -2.44. The van der Waals surface area contributed by atoms with Crippen LogP contribution in [-0.4, -0.2) is 32.0 Å². The molecule has 12 heavy (non-hydrogen) atoms. The van der Waals surface area contributed by atoms with Gasteiger partial charge < -0.3 is 10.6 Å². The smallest absolute Gasteiger partial charge is 0.146 e. The standard InChI is InChI=1S/C9H18N2O/c1-7(12)9(10-2)8-3-5-11-6-4-8/h8-11H,3-6H2,1-2H3. The van der Waals surface area contributed by atoms with Crippen LogP contribution in [0.4, 0.5) is 0 Å². The zero-order chi connectivity index (χ0) is 8.97. The molecule has 0 amide bonds. The molecule has 1 heterocycles. The second-order valence-electron chi connectivity index (χ2n) is 3.46. The average molecular weight is 170 g/mol. The van der Waals surface area contributed by atoms with Crippen molar-refractivity contribution in [3.8, 4) is 0 Å². The van der Waals surface area contributed by atoms with Crippen molar-refractivity contribution in [3.63, 3.8) is 0 Å². The Morgan fingerprint density at radius 1 is 1.50 bits per heavy atom. The van der Waals surface area contributed by atoms with E-state index in [0.29, 0.717) is 5.92 Å². The van der Waals surface area contributed by atoms with Crippen LogP contribution in [0, 0.1) is 5.92 Å². The summed E-state index contributed by atoms with van der Waals surface area (Å²) in [6.07, 6.45) is 2.23. The number of Topliss-reactive ketones (excluding diaryl/α,β-unsaturated/α-hetero) is 1. The molecule has 1 saturated heterocycles. The zero-order valence-corrected chi connectivity index (χ0v) is 7.89. The minimum atomic E-state index is 0.0760. The molecule has 0 saturated carbocycles. The zero-order valence-electron chi connectivity index (χ0n) is 7.89. The van der Waals surface area contributed by atoms with Gasteiger partial charge in [-0.25, -0.2) is 0 Å². The summed E-state index contributed by atoms with van der Waals surface area (Å²) in [6, 6.07) is 0.0760. The number of carbonyl (C=O) groups excluding carboxylic acids is 1. The molecule has 1 rings (SSSR count). The Kier molecular flexibility index (Phi) is 3.69. The van der Waals surface area contributed by atoms with E-state index in [9.17, 15) is 4.79 Å². The summed E-state index contributed by atoms with van der Waals surface area (Å²) in [6.45, 7) is 3.77. The molecule has 1 fully saturated rings. The highest BCUT2D eigenvalue weighted by molar-refractivity contribution is 5.81. The van der Waals surface area contributed by atoms with Crippen LogP contribution in [-0.2, 0) is 4.79 Å². The molecule has 0 aromatic carbocycles. The van der Waals surface area contributed by atoms with Crippen molar-refractivity contribution in [1.29, 1.82) is 0 Å². The minimum absolute atomic E-state index is 0.0760. The average Bonchev–Trinajstić information content (AvgIpc) is 2.07. The third-order valence-corrected chi connectivity index (χ3v) is 2.60.